The first-order chi connectivity index (χ1) is 16.5. The van der Waals surface area contributed by atoms with Gasteiger partial charge in [0.05, 0.1) is 5.41 Å². The SMILES string of the molecule is CN1CC[C@]23c4c5ccc(OCc6ccccc6)c4O[C@H]2[C@@H](OC(=O)OCCl)C=C[C@@]3(O)[C@@H]1C5. The third kappa shape index (κ3) is 2.93. The van der Waals surface area contributed by atoms with Crippen molar-refractivity contribution < 1.29 is 28.8 Å². The van der Waals surface area contributed by atoms with E-state index in [0.29, 0.717) is 30.9 Å². The van der Waals surface area contributed by atoms with E-state index in [1.54, 1.807) is 12.2 Å². The number of carbonyl (C=O) groups excluding carboxylic acids is 1. The number of likely N-dealkylation sites (tertiary alicyclic amines) is 1. The van der Waals surface area contributed by atoms with Crippen molar-refractivity contribution in [3.05, 3.63) is 71.3 Å². The Balaban J connectivity index is 1.44. The van der Waals surface area contributed by atoms with Crippen LogP contribution < -0.4 is 9.47 Å². The van der Waals surface area contributed by atoms with Crippen LogP contribution in [0.4, 0.5) is 4.79 Å². The Kier molecular flexibility index (Phi) is 5.06. The maximum Gasteiger partial charge on any atom is 0.510 e. The van der Waals surface area contributed by atoms with Crippen molar-refractivity contribution in [3.63, 3.8) is 0 Å². The summed E-state index contributed by atoms with van der Waals surface area (Å²) in [5.74, 6) is 1.25. The second kappa shape index (κ2) is 7.90. The van der Waals surface area contributed by atoms with Gasteiger partial charge in [-0.15, -0.1) is 0 Å². The fraction of sp³-hybridized carbons (Fsp3) is 0.423. The van der Waals surface area contributed by atoms with Crippen LogP contribution in [0.3, 0.4) is 0 Å². The van der Waals surface area contributed by atoms with E-state index in [9.17, 15) is 9.90 Å². The Morgan fingerprint density at radius 2 is 2.09 bits per heavy atom. The Morgan fingerprint density at radius 3 is 2.88 bits per heavy atom. The molecule has 0 amide bonds. The molecule has 1 N–H and O–H groups in total. The van der Waals surface area contributed by atoms with E-state index in [0.717, 1.165) is 23.2 Å². The van der Waals surface area contributed by atoms with Gasteiger partial charge in [0.15, 0.2) is 29.8 Å². The van der Waals surface area contributed by atoms with Crippen LogP contribution in [0.5, 0.6) is 11.5 Å². The molecule has 2 heterocycles. The Bertz CT molecular complexity index is 1160. The Labute approximate surface area is 202 Å². The van der Waals surface area contributed by atoms with Crippen LogP contribution in [0.25, 0.3) is 0 Å². The molecule has 34 heavy (non-hydrogen) atoms. The standard InChI is InChI=1S/C26H26ClNO6/c1-28-12-11-25-21-17-7-8-18(31-14-16-5-3-2-4-6-16)22(21)34-23(25)19(33-24(29)32-15-27)9-10-26(25,30)20(28)13-17/h2-10,19-20,23,30H,11-15H2,1H3/t19-,20-,23-,25-,26+/m0/s1. The molecule has 1 fully saturated rings. The van der Waals surface area contributed by atoms with Gasteiger partial charge in [0.25, 0.3) is 0 Å². The number of alkyl halides is 1. The van der Waals surface area contributed by atoms with Gasteiger partial charge in [-0.05, 0) is 49.7 Å². The molecule has 5 atom stereocenters. The fourth-order valence-electron chi connectivity index (χ4n) is 6.40. The maximum absolute atomic E-state index is 12.2. The first-order valence-electron chi connectivity index (χ1n) is 11.5. The first kappa shape index (κ1) is 21.8. The molecule has 7 nitrogen and oxygen atoms in total. The lowest BCUT2D eigenvalue weighted by molar-refractivity contribution is -0.153. The summed E-state index contributed by atoms with van der Waals surface area (Å²) in [7, 11) is 2.04. The summed E-state index contributed by atoms with van der Waals surface area (Å²) in [6, 6.07) is 13.5. The van der Waals surface area contributed by atoms with Gasteiger partial charge >= 0.3 is 6.16 Å². The Hall–Kier alpha value is -2.74. The minimum absolute atomic E-state index is 0.117. The largest absolute Gasteiger partial charge is 0.510 e. The van der Waals surface area contributed by atoms with Gasteiger partial charge in [-0.2, -0.15) is 0 Å². The zero-order valence-electron chi connectivity index (χ0n) is 18.8. The molecular weight excluding hydrogens is 458 g/mol. The van der Waals surface area contributed by atoms with Gasteiger partial charge in [0.2, 0.25) is 0 Å². The smallest absolute Gasteiger partial charge is 0.485 e. The minimum Gasteiger partial charge on any atom is -0.485 e. The van der Waals surface area contributed by atoms with E-state index < -0.39 is 29.4 Å². The second-order valence-electron chi connectivity index (χ2n) is 9.43. The molecule has 8 heteroatoms. The van der Waals surface area contributed by atoms with Crippen molar-refractivity contribution in [3.8, 4) is 11.5 Å². The quantitative estimate of drug-likeness (QED) is 0.396. The number of nitrogens with zero attached hydrogens (tertiary/aromatic N) is 1. The third-order valence-corrected chi connectivity index (χ3v) is 8.00. The summed E-state index contributed by atoms with van der Waals surface area (Å²) in [5, 5.41) is 12.2. The van der Waals surface area contributed by atoms with E-state index in [1.807, 2.05) is 43.4 Å². The molecule has 178 valence electrons. The van der Waals surface area contributed by atoms with Crippen LogP contribution in [0.1, 0.15) is 23.1 Å². The molecule has 6 rings (SSSR count). The molecule has 2 aromatic rings. The highest BCUT2D eigenvalue weighted by molar-refractivity contribution is 6.17. The maximum atomic E-state index is 12.2. The van der Waals surface area contributed by atoms with E-state index in [2.05, 4.69) is 11.0 Å². The molecule has 0 unspecified atom stereocenters. The lowest BCUT2D eigenvalue weighted by Gasteiger charge is -2.61. The molecule has 2 aliphatic carbocycles. The van der Waals surface area contributed by atoms with Crippen LogP contribution in [-0.2, 0) is 27.9 Å². The van der Waals surface area contributed by atoms with Gasteiger partial charge in [-0.25, -0.2) is 4.79 Å². The summed E-state index contributed by atoms with van der Waals surface area (Å²) in [4.78, 5) is 14.4. The molecule has 1 spiro atoms. The molecule has 2 bridgehead atoms. The van der Waals surface area contributed by atoms with E-state index in [4.69, 9.17) is 30.5 Å². The van der Waals surface area contributed by atoms with Crippen molar-refractivity contribution >= 4 is 17.8 Å². The van der Waals surface area contributed by atoms with Crippen molar-refractivity contribution in [2.75, 3.05) is 19.7 Å². The zero-order valence-corrected chi connectivity index (χ0v) is 19.5. The summed E-state index contributed by atoms with van der Waals surface area (Å²) in [5.41, 5.74) is 1.21. The number of aliphatic hydroxyl groups is 1. The molecule has 2 aromatic carbocycles. The summed E-state index contributed by atoms with van der Waals surface area (Å²) in [6.45, 7) is 1.18. The number of hydrogen-bond acceptors (Lipinski definition) is 7. The fourth-order valence-corrected chi connectivity index (χ4v) is 6.49. The van der Waals surface area contributed by atoms with E-state index >= 15 is 0 Å². The topological polar surface area (TPSA) is 77.5 Å². The number of carbonyl (C=O) groups is 1. The molecule has 0 radical (unpaired) electrons. The van der Waals surface area contributed by atoms with Gasteiger partial charge in [0, 0.05) is 11.6 Å². The number of ether oxygens (including phenoxy) is 4. The zero-order chi connectivity index (χ0) is 23.5. The predicted octanol–water partition coefficient (Wildman–Crippen LogP) is 3.54. The van der Waals surface area contributed by atoms with E-state index in [1.165, 1.54) is 0 Å². The third-order valence-electron chi connectivity index (χ3n) is 7.89. The summed E-state index contributed by atoms with van der Waals surface area (Å²) < 4.78 is 23.2. The number of halogens is 1. The highest BCUT2D eigenvalue weighted by atomic mass is 35.5. The number of benzene rings is 2. The summed E-state index contributed by atoms with van der Waals surface area (Å²) >= 11 is 5.54. The van der Waals surface area contributed by atoms with E-state index in [-0.39, 0.29) is 12.1 Å². The highest BCUT2D eigenvalue weighted by Crippen LogP contribution is 2.64. The molecule has 1 saturated heterocycles. The van der Waals surface area contributed by atoms with Crippen molar-refractivity contribution in [1.29, 1.82) is 0 Å². The average molecular weight is 484 g/mol. The number of hydrogen-bond donors (Lipinski definition) is 1. The van der Waals surface area contributed by atoms with Crippen LogP contribution in [0.2, 0.25) is 0 Å². The van der Waals surface area contributed by atoms with Crippen LogP contribution in [-0.4, -0.2) is 59.7 Å². The van der Waals surface area contributed by atoms with Crippen LogP contribution in [0.15, 0.2) is 54.6 Å². The predicted molar refractivity (Wildman–Crippen MR) is 124 cm³/mol. The molecule has 0 aromatic heterocycles. The summed E-state index contributed by atoms with van der Waals surface area (Å²) in [6.07, 6.45) is 2.63. The lowest BCUT2D eigenvalue weighted by Crippen LogP contribution is -2.75. The number of piperidine rings is 1. The average Bonchev–Trinajstić information content (AvgIpc) is 3.19. The molecule has 0 saturated carbocycles. The van der Waals surface area contributed by atoms with Crippen LogP contribution >= 0.6 is 11.6 Å². The van der Waals surface area contributed by atoms with Crippen molar-refractivity contribution in [2.45, 2.75) is 48.7 Å². The molecule has 4 aliphatic rings. The molecule has 2 aliphatic heterocycles. The minimum atomic E-state index is -1.17. The van der Waals surface area contributed by atoms with Crippen molar-refractivity contribution in [2.24, 2.45) is 0 Å². The van der Waals surface area contributed by atoms with Gasteiger partial charge < -0.3 is 24.1 Å². The second-order valence-corrected chi connectivity index (χ2v) is 9.65. The molecular formula is C26H26ClNO6. The number of rotatable bonds is 5. The van der Waals surface area contributed by atoms with Gasteiger partial charge in [0.1, 0.15) is 12.2 Å². The highest BCUT2D eigenvalue weighted by Gasteiger charge is 2.72. The first-order valence-corrected chi connectivity index (χ1v) is 12.0. The normalized spacial score (nSPS) is 32.5. The lowest BCUT2D eigenvalue weighted by atomic mass is 9.50. The van der Waals surface area contributed by atoms with Gasteiger partial charge in [-0.3, -0.25) is 4.90 Å². The Morgan fingerprint density at radius 1 is 1.26 bits per heavy atom. The van der Waals surface area contributed by atoms with Gasteiger partial charge in [-0.1, -0.05) is 54.1 Å². The van der Waals surface area contributed by atoms with Crippen molar-refractivity contribution in [1.82, 2.24) is 4.90 Å². The number of likely N-dealkylation sites (N-methyl/N-ethyl adjacent to an activating group) is 1. The van der Waals surface area contributed by atoms with Crippen LogP contribution in [0, 0.1) is 0 Å². The monoisotopic (exact) mass is 483 g/mol.